The van der Waals surface area contributed by atoms with E-state index in [0.717, 1.165) is 58.7 Å². The highest BCUT2D eigenvalue weighted by molar-refractivity contribution is 6.19. The number of anilines is 1. The monoisotopic (exact) mass is 462 g/mol. The average molecular weight is 463 g/mol. The lowest BCUT2D eigenvalue weighted by Crippen LogP contribution is -2.50. The number of hydrogen-bond acceptors (Lipinski definition) is 7. The summed E-state index contributed by atoms with van der Waals surface area (Å²) in [6, 6.07) is -0.0905. The van der Waals surface area contributed by atoms with Crippen LogP contribution in [0.25, 0.3) is 11.0 Å². The van der Waals surface area contributed by atoms with E-state index in [0.29, 0.717) is 24.2 Å². The van der Waals surface area contributed by atoms with Crippen LogP contribution in [0.3, 0.4) is 0 Å². The van der Waals surface area contributed by atoms with Gasteiger partial charge in [0.15, 0.2) is 5.65 Å². The van der Waals surface area contributed by atoms with Gasteiger partial charge in [0.1, 0.15) is 17.9 Å². The molecule has 1 aliphatic heterocycles. The second kappa shape index (κ2) is 10.2. The minimum atomic E-state index is -0.341. The van der Waals surface area contributed by atoms with Crippen molar-refractivity contribution in [2.45, 2.75) is 53.2 Å². The Morgan fingerprint density at radius 3 is 2.59 bits per heavy atom. The maximum absolute atomic E-state index is 9.72. The summed E-state index contributed by atoms with van der Waals surface area (Å²) >= 11 is 6.30. The fourth-order valence-corrected chi connectivity index (χ4v) is 4.87. The number of aromatic nitrogens is 4. The van der Waals surface area contributed by atoms with Gasteiger partial charge in [0.25, 0.3) is 0 Å². The third-order valence-electron chi connectivity index (χ3n) is 6.23. The van der Waals surface area contributed by atoms with Crippen molar-refractivity contribution in [1.29, 1.82) is 0 Å². The number of halogens is 1. The fourth-order valence-electron chi connectivity index (χ4n) is 4.72. The van der Waals surface area contributed by atoms with Crippen LogP contribution in [0.2, 0.25) is 0 Å². The normalized spacial score (nSPS) is 18.8. The Hall–Kier alpha value is -2.16. The zero-order chi connectivity index (χ0) is 23.6. The summed E-state index contributed by atoms with van der Waals surface area (Å²) in [7, 11) is 1.72. The van der Waals surface area contributed by atoms with Gasteiger partial charge < -0.3 is 15.6 Å². The van der Waals surface area contributed by atoms with E-state index in [1.807, 2.05) is 18.5 Å². The number of likely N-dealkylation sites (tertiary alicyclic amines) is 1. The lowest BCUT2D eigenvalue weighted by Gasteiger charge is -2.42. The van der Waals surface area contributed by atoms with Crippen LogP contribution >= 0.6 is 11.6 Å². The van der Waals surface area contributed by atoms with Crippen molar-refractivity contribution in [2.24, 2.45) is 5.92 Å². The number of nitrogens with zero attached hydrogens (tertiary/aromatic N) is 5. The number of β-amino-alcohol motifs (C(OH)–C–C–N with tert-alkyl or cyclic N) is 1. The minimum Gasteiger partial charge on any atom is -0.496 e. The molecule has 1 saturated heterocycles. The first-order chi connectivity index (χ1) is 15.2. The highest BCUT2D eigenvalue weighted by atomic mass is 35.5. The van der Waals surface area contributed by atoms with Crippen LogP contribution < -0.4 is 5.73 Å². The summed E-state index contributed by atoms with van der Waals surface area (Å²) in [6.07, 6.45) is 1.92. The first kappa shape index (κ1) is 24.5. The van der Waals surface area contributed by atoms with Crippen LogP contribution in [0, 0.1) is 12.8 Å². The fraction of sp³-hybridized carbons (Fsp3) is 0.609. The van der Waals surface area contributed by atoms with E-state index in [2.05, 4.69) is 35.6 Å². The van der Waals surface area contributed by atoms with E-state index in [1.165, 1.54) is 6.33 Å². The number of hydrogen-bond donors (Lipinski definition) is 2. The number of rotatable bonds is 9. The van der Waals surface area contributed by atoms with Gasteiger partial charge in [-0.15, -0.1) is 11.6 Å². The van der Waals surface area contributed by atoms with E-state index >= 15 is 0 Å². The Kier molecular flexibility index (Phi) is 7.79. The zero-order valence-electron chi connectivity index (χ0n) is 19.9. The van der Waals surface area contributed by atoms with Crippen LogP contribution in [0.15, 0.2) is 28.8 Å². The largest absolute Gasteiger partial charge is 0.496 e. The molecule has 32 heavy (non-hydrogen) atoms. The number of aliphatic hydroxyl groups excluding tert-OH is 1. The highest BCUT2D eigenvalue weighted by Crippen LogP contribution is 2.38. The molecule has 0 radical (unpaired) electrons. The summed E-state index contributed by atoms with van der Waals surface area (Å²) in [5.74, 6) is 2.06. The number of methoxy groups -OCH3 is 1. The van der Waals surface area contributed by atoms with Crippen LogP contribution in [-0.2, 0) is 4.74 Å². The molecule has 9 heteroatoms. The Labute approximate surface area is 195 Å². The summed E-state index contributed by atoms with van der Waals surface area (Å²) in [4.78, 5) is 10.8. The topological polar surface area (TPSA) is 102 Å². The minimum absolute atomic E-state index is 0.0905. The number of allylic oxidation sites excluding steroid dienone is 3. The smallest absolute Gasteiger partial charge is 0.164 e. The maximum atomic E-state index is 9.72. The Morgan fingerprint density at radius 1 is 1.34 bits per heavy atom. The molecule has 2 aromatic rings. The van der Waals surface area contributed by atoms with E-state index in [1.54, 1.807) is 7.11 Å². The molecule has 2 atom stereocenters. The van der Waals surface area contributed by atoms with Crippen molar-refractivity contribution >= 4 is 28.5 Å². The molecule has 0 unspecified atom stereocenters. The molecule has 3 heterocycles. The predicted molar refractivity (Wildman–Crippen MR) is 129 cm³/mol. The SMILES string of the molecule is CC/C(=C(OC)\C(=C(\C)CCl)C1CN(C[C@H](C)O)C1)[C@@H](C)n1nc(C)c2c(N)ncnc21. The molecule has 0 bridgehead atoms. The molecule has 0 saturated carbocycles. The zero-order valence-corrected chi connectivity index (χ0v) is 20.6. The van der Waals surface area contributed by atoms with Gasteiger partial charge in [-0.3, -0.25) is 4.90 Å². The van der Waals surface area contributed by atoms with Gasteiger partial charge in [-0.2, -0.15) is 5.10 Å². The first-order valence-electron chi connectivity index (χ1n) is 11.1. The third kappa shape index (κ3) is 4.63. The highest BCUT2D eigenvalue weighted by Gasteiger charge is 2.35. The average Bonchev–Trinajstić information content (AvgIpc) is 3.08. The van der Waals surface area contributed by atoms with E-state index < -0.39 is 0 Å². The van der Waals surface area contributed by atoms with Gasteiger partial charge in [-0.05, 0) is 45.3 Å². The van der Waals surface area contributed by atoms with Gasteiger partial charge in [0.05, 0.1) is 30.3 Å². The molecule has 3 N–H and O–H groups in total. The molecule has 8 nitrogen and oxygen atoms in total. The van der Waals surface area contributed by atoms with Crippen LogP contribution in [0.1, 0.15) is 45.9 Å². The number of alkyl halides is 1. The van der Waals surface area contributed by atoms with Crippen molar-refractivity contribution in [3.8, 4) is 0 Å². The lowest BCUT2D eigenvalue weighted by atomic mass is 9.84. The number of aryl methyl sites for hydroxylation is 1. The summed E-state index contributed by atoms with van der Waals surface area (Å²) in [5.41, 5.74) is 11.0. The molecule has 176 valence electrons. The lowest BCUT2D eigenvalue weighted by molar-refractivity contribution is 0.0582. The number of aliphatic hydroxyl groups is 1. The maximum Gasteiger partial charge on any atom is 0.164 e. The molecule has 1 fully saturated rings. The van der Waals surface area contributed by atoms with Crippen molar-refractivity contribution in [1.82, 2.24) is 24.6 Å². The van der Waals surface area contributed by atoms with Crippen LogP contribution in [0.4, 0.5) is 5.82 Å². The van der Waals surface area contributed by atoms with Gasteiger partial charge >= 0.3 is 0 Å². The Balaban J connectivity index is 2.05. The molecule has 1 aliphatic rings. The van der Waals surface area contributed by atoms with E-state index in [9.17, 15) is 5.11 Å². The van der Waals surface area contributed by atoms with E-state index in [-0.39, 0.29) is 12.1 Å². The van der Waals surface area contributed by atoms with Crippen molar-refractivity contribution in [2.75, 3.05) is 38.4 Å². The summed E-state index contributed by atoms with van der Waals surface area (Å²) in [6.45, 7) is 12.5. The van der Waals surface area contributed by atoms with Crippen molar-refractivity contribution in [3.05, 3.63) is 34.5 Å². The molecule has 0 amide bonds. The second-order valence-corrected chi connectivity index (χ2v) is 8.93. The number of ether oxygens (including phenoxy) is 1. The van der Waals surface area contributed by atoms with Crippen molar-refractivity contribution in [3.63, 3.8) is 0 Å². The molecule has 0 aromatic carbocycles. The Bertz CT molecular complexity index is 1020. The summed E-state index contributed by atoms with van der Waals surface area (Å²) in [5, 5.41) is 15.3. The number of fused-ring (bicyclic) bond motifs is 1. The first-order valence-corrected chi connectivity index (χ1v) is 11.6. The molecule has 0 spiro atoms. The predicted octanol–water partition coefficient (Wildman–Crippen LogP) is 3.46. The quantitative estimate of drug-likeness (QED) is 0.334. The van der Waals surface area contributed by atoms with Gasteiger partial charge in [0, 0.05) is 31.4 Å². The molecular formula is C23H35ClN6O2. The molecular weight excluding hydrogens is 428 g/mol. The van der Waals surface area contributed by atoms with Crippen molar-refractivity contribution < 1.29 is 9.84 Å². The van der Waals surface area contributed by atoms with Crippen LogP contribution in [0.5, 0.6) is 0 Å². The number of nitrogen functional groups attached to an aromatic ring is 1. The molecule has 0 aliphatic carbocycles. The second-order valence-electron chi connectivity index (χ2n) is 8.67. The summed E-state index contributed by atoms with van der Waals surface area (Å²) < 4.78 is 7.95. The number of nitrogens with two attached hydrogens (primary N) is 1. The van der Waals surface area contributed by atoms with Gasteiger partial charge in [-0.1, -0.05) is 12.5 Å². The van der Waals surface area contributed by atoms with Crippen LogP contribution in [-0.4, -0.2) is 68.5 Å². The van der Waals surface area contributed by atoms with Gasteiger partial charge in [0.2, 0.25) is 0 Å². The third-order valence-corrected chi connectivity index (χ3v) is 6.63. The Morgan fingerprint density at radius 2 is 2.03 bits per heavy atom. The van der Waals surface area contributed by atoms with E-state index in [4.69, 9.17) is 27.2 Å². The standard InChI is InChI=1S/C23H35ClN6O2/c1-7-18(16(5)30-23-20(15(4)28-30)22(25)26-12-27-23)21(32-6)19(13(2)8-24)17-10-29(11-17)9-14(3)31/h12,14,16-17,31H,7-11H2,1-6H3,(H2,25,26,27)/b19-13-,21-18-/t14-,16+/m0/s1. The van der Waals surface area contributed by atoms with Gasteiger partial charge in [-0.25, -0.2) is 14.6 Å². The molecule has 2 aromatic heterocycles. The molecule has 3 rings (SSSR count).